The second-order valence-electron chi connectivity index (χ2n) is 5.53. The SMILES string of the molecule is CC=CC(=N)C1CCN(CCN2CCOCC2)CC1. The van der Waals surface area contributed by atoms with E-state index in [4.69, 9.17) is 10.1 Å². The molecule has 2 rings (SSSR count). The van der Waals surface area contributed by atoms with E-state index < -0.39 is 0 Å². The Bertz CT molecular complexity index is 303. The maximum Gasteiger partial charge on any atom is 0.0594 e. The van der Waals surface area contributed by atoms with Crippen LogP contribution in [0.15, 0.2) is 12.2 Å². The Labute approximate surface area is 116 Å². The summed E-state index contributed by atoms with van der Waals surface area (Å²) in [5, 5.41) is 7.98. The first-order valence-electron chi connectivity index (χ1n) is 7.53. The van der Waals surface area contributed by atoms with Gasteiger partial charge in [0.25, 0.3) is 0 Å². The van der Waals surface area contributed by atoms with Gasteiger partial charge in [-0.25, -0.2) is 0 Å². The Balaban J connectivity index is 1.64. The third-order valence-electron chi connectivity index (χ3n) is 4.21. The lowest BCUT2D eigenvalue weighted by Gasteiger charge is -2.34. The van der Waals surface area contributed by atoms with E-state index in [-0.39, 0.29) is 0 Å². The van der Waals surface area contributed by atoms with Crippen LogP contribution in [0.25, 0.3) is 0 Å². The van der Waals surface area contributed by atoms with Gasteiger partial charge in [-0.2, -0.15) is 0 Å². The first-order chi connectivity index (χ1) is 9.29. The highest BCUT2D eigenvalue weighted by Gasteiger charge is 2.21. The molecule has 0 bridgehead atoms. The Hall–Kier alpha value is -0.710. The normalized spacial score (nSPS) is 24.1. The van der Waals surface area contributed by atoms with Gasteiger partial charge < -0.3 is 15.0 Å². The van der Waals surface area contributed by atoms with Crippen LogP contribution < -0.4 is 0 Å². The number of likely N-dealkylation sites (tertiary alicyclic amines) is 1. The summed E-state index contributed by atoms with van der Waals surface area (Å²) in [6, 6.07) is 0. The van der Waals surface area contributed by atoms with Gasteiger partial charge in [-0.3, -0.25) is 4.90 Å². The van der Waals surface area contributed by atoms with Crippen LogP contribution in [0, 0.1) is 11.3 Å². The Morgan fingerprint density at radius 2 is 1.68 bits per heavy atom. The second kappa shape index (κ2) is 7.78. The van der Waals surface area contributed by atoms with Crippen molar-refractivity contribution in [1.29, 1.82) is 5.41 Å². The van der Waals surface area contributed by atoms with E-state index in [2.05, 4.69) is 9.80 Å². The first kappa shape index (κ1) is 14.7. The van der Waals surface area contributed by atoms with Gasteiger partial charge in [-0.05, 0) is 38.9 Å². The lowest BCUT2D eigenvalue weighted by atomic mass is 9.91. The van der Waals surface area contributed by atoms with Crippen molar-refractivity contribution in [2.75, 3.05) is 52.5 Å². The minimum atomic E-state index is 0.482. The average molecular weight is 265 g/mol. The van der Waals surface area contributed by atoms with Crippen molar-refractivity contribution in [2.45, 2.75) is 19.8 Å². The molecule has 108 valence electrons. The minimum absolute atomic E-state index is 0.482. The molecular formula is C15H27N3O. The molecule has 0 aromatic carbocycles. The molecule has 0 aliphatic carbocycles. The van der Waals surface area contributed by atoms with Gasteiger partial charge in [0.2, 0.25) is 0 Å². The number of ether oxygens (including phenoxy) is 1. The summed E-state index contributed by atoms with van der Waals surface area (Å²) < 4.78 is 5.37. The number of piperidine rings is 1. The Morgan fingerprint density at radius 3 is 2.26 bits per heavy atom. The number of hydrogen-bond acceptors (Lipinski definition) is 4. The molecule has 0 saturated carbocycles. The van der Waals surface area contributed by atoms with Crippen LogP contribution in [0.3, 0.4) is 0 Å². The van der Waals surface area contributed by atoms with E-state index in [1.807, 2.05) is 19.1 Å². The Morgan fingerprint density at radius 1 is 1.11 bits per heavy atom. The third-order valence-corrected chi connectivity index (χ3v) is 4.21. The lowest BCUT2D eigenvalue weighted by molar-refractivity contribution is 0.0320. The number of hydrogen-bond donors (Lipinski definition) is 1. The molecule has 4 heteroatoms. The van der Waals surface area contributed by atoms with Crippen molar-refractivity contribution in [3.63, 3.8) is 0 Å². The average Bonchev–Trinajstić information content (AvgIpc) is 2.47. The number of nitrogens with one attached hydrogen (secondary N) is 1. The summed E-state index contributed by atoms with van der Waals surface area (Å²) in [6.45, 7) is 10.6. The van der Waals surface area contributed by atoms with E-state index in [0.717, 1.165) is 57.9 Å². The third kappa shape index (κ3) is 4.71. The molecule has 0 spiro atoms. The molecule has 0 atom stereocenters. The van der Waals surface area contributed by atoms with Crippen molar-refractivity contribution >= 4 is 5.71 Å². The fourth-order valence-corrected chi connectivity index (χ4v) is 2.89. The van der Waals surface area contributed by atoms with Crippen molar-refractivity contribution < 1.29 is 4.74 Å². The van der Waals surface area contributed by atoms with Crippen LogP contribution in [0.2, 0.25) is 0 Å². The molecule has 2 saturated heterocycles. The number of nitrogens with zero attached hydrogens (tertiary/aromatic N) is 2. The van der Waals surface area contributed by atoms with Crippen molar-refractivity contribution in [2.24, 2.45) is 5.92 Å². The van der Waals surface area contributed by atoms with Gasteiger partial charge in [0.15, 0.2) is 0 Å². The predicted molar refractivity (Wildman–Crippen MR) is 79.0 cm³/mol. The number of rotatable bonds is 5. The van der Waals surface area contributed by atoms with Crippen LogP contribution in [0.1, 0.15) is 19.8 Å². The zero-order valence-electron chi connectivity index (χ0n) is 12.1. The van der Waals surface area contributed by atoms with Gasteiger partial charge in [-0.15, -0.1) is 0 Å². The molecule has 2 aliphatic rings. The van der Waals surface area contributed by atoms with Crippen molar-refractivity contribution in [1.82, 2.24) is 9.80 Å². The smallest absolute Gasteiger partial charge is 0.0594 e. The maximum absolute atomic E-state index is 7.98. The summed E-state index contributed by atoms with van der Waals surface area (Å²) in [4.78, 5) is 5.05. The molecule has 4 nitrogen and oxygen atoms in total. The zero-order valence-corrected chi connectivity index (χ0v) is 12.1. The molecule has 0 amide bonds. The summed E-state index contributed by atoms with van der Waals surface area (Å²) in [5.41, 5.74) is 0.815. The van der Waals surface area contributed by atoms with Crippen LogP contribution in [-0.2, 0) is 4.74 Å². The van der Waals surface area contributed by atoms with Gasteiger partial charge >= 0.3 is 0 Å². The van der Waals surface area contributed by atoms with Crippen molar-refractivity contribution in [3.05, 3.63) is 12.2 Å². The fourth-order valence-electron chi connectivity index (χ4n) is 2.89. The second-order valence-corrected chi connectivity index (χ2v) is 5.53. The molecule has 1 N–H and O–H groups in total. The maximum atomic E-state index is 7.98. The van der Waals surface area contributed by atoms with Gasteiger partial charge in [0.1, 0.15) is 0 Å². The van der Waals surface area contributed by atoms with Crippen LogP contribution in [-0.4, -0.2) is 68.0 Å². The highest BCUT2D eigenvalue weighted by molar-refractivity contribution is 5.94. The largest absolute Gasteiger partial charge is 0.379 e. The molecule has 19 heavy (non-hydrogen) atoms. The quantitative estimate of drug-likeness (QED) is 0.768. The summed E-state index contributed by atoms with van der Waals surface area (Å²) in [5.74, 6) is 0.482. The lowest BCUT2D eigenvalue weighted by Crippen LogP contribution is -2.44. The summed E-state index contributed by atoms with van der Waals surface area (Å²) in [6.07, 6.45) is 6.22. The monoisotopic (exact) mass is 265 g/mol. The standard InChI is InChI=1S/C15H27N3O/c1-2-3-15(16)14-4-6-17(7-5-14)8-9-18-10-12-19-13-11-18/h2-3,14,16H,4-13H2,1H3. The Kier molecular flexibility index (Phi) is 6.01. The van der Waals surface area contributed by atoms with Gasteiger partial charge in [-0.1, -0.05) is 6.08 Å². The van der Waals surface area contributed by atoms with E-state index in [1.165, 1.54) is 13.1 Å². The first-order valence-corrected chi connectivity index (χ1v) is 7.53. The van der Waals surface area contributed by atoms with Gasteiger partial charge in [0.05, 0.1) is 13.2 Å². The molecule has 2 aliphatic heterocycles. The van der Waals surface area contributed by atoms with Gasteiger partial charge in [0, 0.05) is 37.8 Å². The van der Waals surface area contributed by atoms with Crippen LogP contribution >= 0.6 is 0 Å². The molecule has 0 radical (unpaired) electrons. The van der Waals surface area contributed by atoms with E-state index in [1.54, 1.807) is 0 Å². The van der Waals surface area contributed by atoms with E-state index in [9.17, 15) is 0 Å². The number of morpholine rings is 1. The fraction of sp³-hybridized carbons (Fsp3) is 0.800. The topological polar surface area (TPSA) is 39.6 Å². The predicted octanol–water partition coefficient (Wildman–Crippen LogP) is 1.63. The van der Waals surface area contributed by atoms with Crippen LogP contribution in [0.5, 0.6) is 0 Å². The molecule has 2 fully saturated rings. The minimum Gasteiger partial charge on any atom is -0.379 e. The molecular weight excluding hydrogens is 238 g/mol. The number of allylic oxidation sites excluding steroid dienone is 2. The van der Waals surface area contributed by atoms with E-state index >= 15 is 0 Å². The summed E-state index contributed by atoms with van der Waals surface area (Å²) >= 11 is 0. The zero-order chi connectivity index (χ0) is 13.5. The van der Waals surface area contributed by atoms with Crippen molar-refractivity contribution in [3.8, 4) is 0 Å². The summed E-state index contributed by atoms with van der Waals surface area (Å²) in [7, 11) is 0. The van der Waals surface area contributed by atoms with E-state index in [0.29, 0.717) is 5.92 Å². The highest BCUT2D eigenvalue weighted by atomic mass is 16.5. The molecule has 2 heterocycles. The molecule has 0 aromatic rings. The molecule has 0 aromatic heterocycles. The molecule has 0 unspecified atom stereocenters. The highest BCUT2D eigenvalue weighted by Crippen LogP contribution is 2.18. The van der Waals surface area contributed by atoms with Crippen LogP contribution in [0.4, 0.5) is 0 Å².